The predicted octanol–water partition coefficient (Wildman–Crippen LogP) is 4.91. The molecule has 1 nitrogen and oxygen atoms in total. The summed E-state index contributed by atoms with van der Waals surface area (Å²) in [7, 11) is 0. The average molecular weight is 250 g/mol. The number of fused-ring (bicyclic) bond motifs is 3. The molecular formula is C14H9F3O. The molecule has 4 heteroatoms. The third-order valence-electron chi connectivity index (χ3n) is 3.04. The number of hydrogen-bond acceptors (Lipinski definition) is 1. The molecule has 0 saturated heterocycles. The summed E-state index contributed by atoms with van der Waals surface area (Å²) in [6.45, 7) is 1.86. The SMILES string of the molecule is Cc1cccc2oc3c(C(F)(F)F)cccc3c12. The van der Waals surface area contributed by atoms with Crippen molar-refractivity contribution in [2.45, 2.75) is 13.1 Å². The molecule has 0 bridgehead atoms. The highest BCUT2D eigenvalue weighted by atomic mass is 19.4. The second kappa shape index (κ2) is 3.51. The van der Waals surface area contributed by atoms with Gasteiger partial charge in [-0.25, -0.2) is 0 Å². The monoisotopic (exact) mass is 250 g/mol. The summed E-state index contributed by atoms with van der Waals surface area (Å²) in [6.07, 6.45) is -4.40. The van der Waals surface area contributed by atoms with Gasteiger partial charge in [-0.2, -0.15) is 13.2 Å². The quantitative estimate of drug-likeness (QED) is 0.552. The fourth-order valence-electron chi connectivity index (χ4n) is 2.25. The minimum atomic E-state index is -4.40. The van der Waals surface area contributed by atoms with Crippen LogP contribution in [0.15, 0.2) is 40.8 Å². The molecule has 18 heavy (non-hydrogen) atoms. The zero-order valence-electron chi connectivity index (χ0n) is 9.51. The third-order valence-corrected chi connectivity index (χ3v) is 3.04. The van der Waals surface area contributed by atoms with Crippen LogP contribution in [0.1, 0.15) is 11.1 Å². The smallest absolute Gasteiger partial charge is 0.420 e. The van der Waals surface area contributed by atoms with Crippen LogP contribution in [-0.2, 0) is 6.18 Å². The lowest BCUT2D eigenvalue weighted by Crippen LogP contribution is -2.04. The molecule has 1 heterocycles. The van der Waals surface area contributed by atoms with E-state index < -0.39 is 11.7 Å². The van der Waals surface area contributed by atoms with Crippen molar-refractivity contribution >= 4 is 21.9 Å². The molecule has 0 N–H and O–H groups in total. The Morgan fingerprint density at radius 2 is 1.72 bits per heavy atom. The van der Waals surface area contributed by atoms with E-state index in [9.17, 15) is 13.2 Å². The van der Waals surface area contributed by atoms with Gasteiger partial charge in [0.25, 0.3) is 0 Å². The second-order valence-electron chi connectivity index (χ2n) is 4.23. The summed E-state index contributed by atoms with van der Waals surface area (Å²) in [5.74, 6) is 0. The van der Waals surface area contributed by atoms with Crippen LogP contribution in [0.3, 0.4) is 0 Å². The fraction of sp³-hybridized carbons (Fsp3) is 0.143. The van der Waals surface area contributed by atoms with E-state index in [1.807, 2.05) is 13.0 Å². The van der Waals surface area contributed by atoms with E-state index in [0.29, 0.717) is 11.0 Å². The molecule has 0 aliphatic rings. The lowest BCUT2D eigenvalue weighted by atomic mass is 10.1. The molecule has 0 aliphatic carbocycles. The first kappa shape index (κ1) is 11.1. The van der Waals surface area contributed by atoms with Gasteiger partial charge in [0.1, 0.15) is 11.2 Å². The molecule has 1 aromatic heterocycles. The zero-order valence-corrected chi connectivity index (χ0v) is 9.51. The number of hydrogen-bond donors (Lipinski definition) is 0. The summed E-state index contributed by atoms with van der Waals surface area (Å²) in [5.41, 5.74) is 0.581. The van der Waals surface area contributed by atoms with E-state index in [4.69, 9.17) is 4.42 Å². The number of aryl methyl sites for hydroxylation is 1. The van der Waals surface area contributed by atoms with Crippen LogP contribution in [0.2, 0.25) is 0 Å². The van der Waals surface area contributed by atoms with Crippen molar-refractivity contribution in [2.24, 2.45) is 0 Å². The molecule has 0 radical (unpaired) electrons. The fourth-order valence-corrected chi connectivity index (χ4v) is 2.25. The first-order chi connectivity index (χ1) is 8.48. The van der Waals surface area contributed by atoms with Gasteiger partial charge in [-0.15, -0.1) is 0 Å². The Labute approximate surface area is 101 Å². The molecule has 3 aromatic rings. The Balaban J connectivity index is 2.51. The standard InChI is InChI=1S/C14H9F3O/c1-8-4-2-7-11-12(8)9-5-3-6-10(13(9)18-11)14(15,16)17/h2-7H,1H3. The van der Waals surface area contributed by atoms with E-state index in [1.54, 1.807) is 18.2 Å². The first-order valence-electron chi connectivity index (χ1n) is 5.46. The molecule has 92 valence electrons. The molecule has 0 saturated carbocycles. The number of furan rings is 1. The number of benzene rings is 2. The van der Waals surface area contributed by atoms with Crippen molar-refractivity contribution in [2.75, 3.05) is 0 Å². The topological polar surface area (TPSA) is 13.1 Å². The Hall–Kier alpha value is -1.97. The van der Waals surface area contributed by atoms with Gasteiger partial charge in [0, 0.05) is 10.8 Å². The van der Waals surface area contributed by atoms with Crippen LogP contribution in [-0.4, -0.2) is 0 Å². The zero-order chi connectivity index (χ0) is 12.9. The van der Waals surface area contributed by atoms with Crippen LogP contribution in [0.25, 0.3) is 21.9 Å². The van der Waals surface area contributed by atoms with Gasteiger partial charge in [-0.05, 0) is 24.6 Å². The van der Waals surface area contributed by atoms with Gasteiger partial charge in [0.15, 0.2) is 0 Å². The minimum Gasteiger partial charge on any atom is -0.455 e. The molecule has 0 amide bonds. The van der Waals surface area contributed by atoms with E-state index in [0.717, 1.165) is 17.0 Å². The van der Waals surface area contributed by atoms with Gasteiger partial charge < -0.3 is 4.42 Å². The first-order valence-corrected chi connectivity index (χ1v) is 5.46. The van der Waals surface area contributed by atoms with Crippen LogP contribution >= 0.6 is 0 Å². The van der Waals surface area contributed by atoms with Crippen LogP contribution in [0.5, 0.6) is 0 Å². The molecule has 2 aromatic carbocycles. The minimum absolute atomic E-state index is 0.0886. The Kier molecular flexibility index (Phi) is 2.17. The van der Waals surface area contributed by atoms with Crippen LogP contribution < -0.4 is 0 Å². The highest BCUT2D eigenvalue weighted by Gasteiger charge is 2.34. The summed E-state index contributed by atoms with van der Waals surface area (Å²) in [5, 5.41) is 1.26. The van der Waals surface area contributed by atoms with Crippen LogP contribution in [0, 0.1) is 6.92 Å². The summed E-state index contributed by atoms with van der Waals surface area (Å²) >= 11 is 0. The number of rotatable bonds is 0. The molecule has 0 aliphatic heterocycles. The maximum Gasteiger partial charge on any atom is 0.420 e. The summed E-state index contributed by atoms with van der Waals surface area (Å²) in [4.78, 5) is 0. The van der Waals surface area contributed by atoms with Gasteiger partial charge in [0.05, 0.1) is 5.56 Å². The summed E-state index contributed by atoms with van der Waals surface area (Å²) in [6, 6.07) is 9.42. The van der Waals surface area contributed by atoms with Crippen molar-refractivity contribution in [3.8, 4) is 0 Å². The van der Waals surface area contributed by atoms with Gasteiger partial charge in [0.2, 0.25) is 0 Å². The van der Waals surface area contributed by atoms with E-state index in [1.165, 1.54) is 6.07 Å². The average Bonchev–Trinajstić information content (AvgIpc) is 2.66. The maximum absolute atomic E-state index is 12.9. The highest BCUT2D eigenvalue weighted by molar-refractivity contribution is 6.07. The largest absolute Gasteiger partial charge is 0.455 e. The molecular weight excluding hydrogens is 241 g/mol. The van der Waals surface area contributed by atoms with E-state index in [2.05, 4.69) is 0 Å². The van der Waals surface area contributed by atoms with Crippen molar-refractivity contribution in [1.82, 2.24) is 0 Å². The highest BCUT2D eigenvalue weighted by Crippen LogP contribution is 2.39. The Morgan fingerprint density at radius 1 is 1.00 bits per heavy atom. The molecule has 0 atom stereocenters. The van der Waals surface area contributed by atoms with Crippen molar-refractivity contribution in [3.05, 3.63) is 47.5 Å². The van der Waals surface area contributed by atoms with Gasteiger partial charge in [-0.1, -0.05) is 24.3 Å². The Morgan fingerprint density at radius 3 is 2.44 bits per heavy atom. The number of halogens is 3. The van der Waals surface area contributed by atoms with E-state index >= 15 is 0 Å². The van der Waals surface area contributed by atoms with Crippen molar-refractivity contribution in [1.29, 1.82) is 0 Å². The second-order valence-corrected chi connectivity index (χ2v) is 4.23. The van der Waals surface area contributed by atoms with Crippen molar-refractivity contribution in [3.63, 3.8) is 0 Å². The number of alkyl halides is 3. The molecule has 0 fully saturated rings. The normalized spacial score (nSPS) is 12.4. The number of para-hydroxylation sites is 1. The predicted molar refractivity (Wildman–Crippen MR) is 63.5 cm³/mol. The lowest BCUT2D eigenvalue weighted by Gasteiger charge is -2.06. The molecule has 0 unspecified atom stereocenters. The third kappa shape index (κ3) is 1.49. The molecule has 0 spiro atoms. The summed E-state index contributed by atoms with van der Waals surface area (Å²) < 4.78 is 44.0. The van der Waals surface area contributed by atoms with Gasteiger partial charge in [-0.3, -0.25) is 0 Å². The molecule has 3 rings (SSSR count). The van der Waals surface area contributed by atoms with E-state index in [-0.39, 0.29) is 5.58 Å². The Bertz CT molecular complexity index is 738. The van der Waals surface area contributed by atoms with Gasteiger partial charge >= 0.3 is 6.18 Å². The lowest BCUT2D eigenvalue weighted by molar-refractivity contribution is -0.136. The van der Waals surface area contributed by atoms with Crippen LogP contribution in [0.4, 0.5) is 13.2 Å². The maximum atomic E-state index is 12.9. The van der Waals surface area contributed by atoms with Crippen molar-refractivity contribution < 1.29 is 17.6 Å².